The van der Waals surface area contributed by atoms with Crippen molar-refractivity contribution in [2.45, 2.75) is 32.4 Å². The van der Waals surface area contributed by atoms with Crippen LogP contribution in [0.2, 0.25) is 0 Å². The highest BCUT2D eigenvalue weighted by molar-refractivity contribution is 7.91. The van der Waals surface area contributed by atoms with E-state index < -0.39 is 9.84 Å². The highest BCUT2D eigenvalue weighted by Gasteiger charge is 2.31. The average Bonchev–Trinajstić information content (AvgIpc) is 2.87. The average molecular weight is 342 g/mol. The SMILES string of the molecule is CCN(CCC(=O)NCc1ccccc1F)C1CCS(=O)(=O)C1. The zero-order valence-electron chi connectivity index (χ0n) is 13.3. The molecule has 23 heavy (non-hydrogen) atoms. The summed E-state index contributed by atoms with van der Waals surface area (Å²) in [7, 11) is -2.92. The molecule has 1 unspecified atom stereocenters. The van der Waals surface area contributed by atoms with Gasteiger partial charge in [-0.25, -0.2) is 12.8 Å². The van der Waals surface area contributed by atoms with E-state index in [0.717, 1.165) is 0 Å². The van der Waals surface area contributed by atoms with Crippen LogP contribution in [0.15, 0.2) is 24.3 Å². The molecule has 1 amide bonds. The molecule has 7 heteroatoms. The summed E-state index contributed by atoms with van der Waals surface area (Å²) < 4.78 is 36.6. The summed E-state index contributed by atoms with van der Waals surface area (Å²) in [4.78, 5) is 13.9. The number of carbonyl (C=O) groups is 1. The number of benzene rings is 1. The van der Waals surface area contributed by atoms with Gasteiger partial charge in [0.15, 0.2) is 9.84 Å². The van der Waals surface area contributed by atoms with Crippen molar-refractivity contribution in [2.75, 3.05) is 24.6 Å². The summed E-state index contributed by atoms with van der Waals surface area (Å²) in [6.45, 7) is 3.35. The van der Waals surface area contributed by atoms with Crippen molar-refractivity contribution in [1.82, 2.24) is 10.2 Å². The second kappa shape index (κ2) is 7.88. The number of rotatable bonds is 7. The van der Waals surface area contributed by atoms with Gasteiger partial charge in [-0.1, -0.05) is 25.1 Å². The monoisotopic (exact) mass is 342 g/mol. The number of hydrogen-bond donors (Lipinski definition) is 1. The van der Waals surface area contributed by atoms with Crippen molar-refractivity contribution in [1.29, 1.82) is 0 Å². The molecule has 0 saturated carbocycles. The smallest absolute Gasteiger partial charge is 0.221 e. The Labute approximate surface area is 136 Å². The van der Waals surface area contributed by atoms with E-state index in [2.05, 4.69) is 5.32 Å². The normalized spacial score (nSPS) is 19.9. The first-order chi connectivity index (χ1) is 10.9. The van der Waals surface area contributed by atoms with Crippen LogP contribution in [0.3, 0.4) is 0 Å². The predicted molar refractivity (Wildman–Crippen MR) is 87.2 cm³/mol. The van der Waals surface area contributed by atoms with Gasteiger partial charge in [-0.15, -0.1) is 0 Å². The Bertz CT molecular complexity index is 648. The maximum atomic E-state index is 13.5. The minimum atomic E-state index is -2.92. The molecule has 0 aromatic heterocycles. The summed E-state index contributed by atoms with van der Waals surface area (Å²) in [5, 5.41) is 2.70. The first-order valence-corrected chi connectivity index (χ1v) is 9.68. The lowest BCUT2D eigenvalue weighted by Crippen LogP contribution is -2.38. The molecule has 1 N–H and O–H groups in total. The fraction of sp³-hybridized carbons (Fsp3) is 0.562. The molecule has 128 valence electrons. The third-order valence-corrected chi connectivity index (χ3v) is 5.94. The van der Waals surface area contributed by atoms with Crippen LogP contribution in [0.5, 0.6) is 0 Å². The van der Waals surface area contributed by atoms with Crippen LogP contribution in [-0.4, -0.2) is 49.9 Å². The topological polar surface area (TPSA) is 66.5 Å². The van der Waals surface area contributed by atoms with Gasteiger partial charge in [0.25, 0.3) is 0 Å². The molecule has 1 fully saturated rings. The van der Waals surface area contributed by atoms with E-state index in [0.29, 0.717) is 25.1 Å². The van der Waals surface area contributed by atoms with Crippen molar-refractivity contribution in [2.24, 2.45) is 0 Å². The van der Waals surface area contributed by atoms with E-state index in [1.807, 2.05) is 11.8 Å². The Hall–Kier alpha value is -1.47. The Morgan fingerprint density at radius 2 is 2.13 bits per heavy atom. The molecule has 1 aromatic carbocycles. The van der Waals surface area contributed by atoms with E-state index in [9.17, 15) is 17.6 Å². The van der Waals surface area contributed by atoms with Crippen LogP contribution in [0, 0.1) is 5.82 Å². The fourth-order valence-corrected chi connectivity index (χ4v) is 4.59. The molecule has 5 nitrogen and oxygen atoms in total. The zero-order chi connectivity index (χ0) is 16.9. The van der Waals surface area contributed by atoms with Crippen molar-refractivity contribution < 1.29 is 17.6 Å². The van der Waals surface area contributed by atoms with Crippen LogP contribution in [0.1, 0.15) is 25.3 Å². The first-order valence-electron chi connectivity index (χ1n) is 7.86. The van der Waals surface area contributed by atoms with Gasteiger partial charge in [0.05, 0.1) is 11.5 Å². The standard InChI is InChI=1S/C16H23FN2O3S/c1-2-19(14-8-10-23(21,22)12-14)9-7-16(20)18-11-13-5-3-4-6-15(13)17/h3-6,14H,2,7-12H2,1H3,(H,18,20). The van der Waals surface area contributed by atoms with Crippen LogP contribution in [0.4, 0.5) is 4.39 Å². The number of nitrogens with one attached hydrogen (secondary N) is 1. The number of sulfone groups is 1. The Kier molecular flexibility index (Phi) is 6.12. The van der Waals surface area contributed by atoms with Gasteiger partial charge in [-0.3, -0.25) is 9.69 Å². The minimum absolute atomic E-state index is 0.00404. The fourth-order valence-electron chi connectivity index (χ4n) is 2.83. The largest absolute Gasteiger partial charge is 0.352 e. The summed E-state index contributed by atoms with van der Waals surface area (Å²) in [6, 6.07) is 6.33. The lowest BCUT2D eigenvalue weighted by Gasteiger charge is -2.26. The molecule has 1 saturated heterocycles. The number of hydrogen-bond acceptors (Lipinski definition) is 4. The van der Waals surface area contributed by atoms with Gasteiger partial charge in [0.1, 0.15) is 5.82 Å². The number of halogens is 1. The molecule has 0 aliphatic carbocycles. The van der Waals surface area contributed by atoms with Crippen LogP contribution < -0.4 is 5.32 Å². The molecule has 2 rings (SSSR count). The van der Waals surface area contributed by atoms with Gasteiger partial charge >= 0.3 is 0 Å². The highest BCUT2D eigenvalue weighted by atomic mass is 32.2. The van der Waals surface area contributed by atoms with Gasteiger partial charge in [-0.05, 0) is 19.0 Å². The summed E-state index contributed by atoms with van der Waals surface area (Å²) in [5.41, 5.74) is 0.454. The molecule has 0 spiro atoms. The van der Waals surface area contributed by atoms with E-state index >= 15 is 0 Å². The minimum Gasteiger partial charge on any atom is -0.352 e. The highest BCUT2D eigenvalue weighted by Crippen LogP contribution is 2.17. The second-order valence-electron chi connectivity index (χ2n) is 5.80. The lowest BCUT2D eigenvalue weighted by molar-refractivity contribution is -0.121. The van der Waals surface area contributed by atoms with E-state index in [4.69, 9.17) is 0 Å². The van der Waals surface area contributed by atoms with Gasteiger partial charge in [0, 0.05) is 31.1 Å². The molecule has 1 aliphatic heterocycles. The molecule has 1 atom stereocenters. The quantitative estimate of drug-likeness (QED) is 0.812. The van der Waals surface area contributed by atoms with Gasteiger partial charge in [-0.2, -0.15) is 0 Å². The van der Waals surface area contributed by atoms with Crippen LogP contribution in [-0.2, 0) is 21.2 Å². The van der Waals surface area contributed by atoms with E-state index in [1.165, 1.54) is 6.07 Å². The predicted octanol–water partition coefficient (Wildman–Crippen LogP) is 1.34. The molecule has 1 aliphatic rings. The summed E-state index contributed by atoms with van der Waals surface area (Å²) in [6.07, 6.45) is 0.909. The molecule has 1 aromatic rings. The third-order valence-electron chi connectivity index (χ3n) is 4.19. The molecule has 1 heterocycles. The van der Waals surface area contributed by atoms with Crippen LogP contribution in [0.25, 0.3) is 0 Å². The molecular formula is C16H23FN2O3S. The summed E-state index contributed by atoms with van der Waals surface area (Å²) >= 11 is 0. The summed E-state index contributed by atoms with van der Waals surface area (Å²) in [5.74, 6) is -0.0857. The maximum Gasteiger partial charge on any atom is 0.221 e. The Balaban J connectivity index is 1.78. The Morgan fingerprint density at radius 1 is 1.39 bits per heavy atom. The van der Waals surface area contributed by atoms with Gasteiger partial charge < -0.3 is 5.32 Å². The zero-order valence-corrected chi connectivity index (χ0v) is 14.1. The van der Waals surface area contributed by atoms with E-state index in [-0.39, 0.29) is 42.2 Å². The van der Waals surface area contributed by atoms with E-state index in [1.54, 1.807) is 18.2 Å². The lowest BCUT2D eigenvalue weighted by atomic mass is 10.2. The molecule has 0 bridgehead atoms. The molecular weight excluding hydrogens is 319 g/mol. The second-order valence-corrected chi connectivity index (χ2v) is 8.03. The number of carbonyl (C=O) groups excluding carboxylic acids is 1. The first kappa shape index (κ1) is 17.9. The molecule has 0 radical (unpaired) electrons. The maximum absolute atomic E-state index is 13.5. The number of amides is 1. The third kappa shape index (κ3) is 5.28. The van der Waals surface area contributed by atoms with Crippen molar-refractivity contribution in [3.63, 3.8) is 0 Å². The van der Waals surface area contributed by atoms with Crippen LogP contribution >= 0.6 is 0 Å². The van der Waals surface area contributed by atoms with Crippen molar-refractivity contribution in [3.8, 4) is 0 Å². The van der Waals surface area contributed by atoms with Gasteiger partial charge in [0.2, 0.25) is 5.91 Å². The number of nitrogens with zero attached hydrogens (tertiary/aromatic N) is 1. The Morgan fingerprint density at radius 3 is 2.74 bits per heavy atom. The van der Waals surface area contributed by atoms with Crippen molar-refractivity contribution >= 4 is 15.7 Å². The van der Waals surface area contributed by atoms with Crippen molar-refractivity contribution in [3.05, 3.63) is 35.6 Å².